The molecular weight excluding hydrogens is 262 g/mol. The summed E-state index contributed by atoms with van der Waals surface area (Å²) >= 11 is 1.37. The Morgan fingerprint density at radius 2 is 2.37 bits per heavy atom. The van der Waals surface area contributed by atoms with Gasteiger partial charge in [-0.3, -0.25) is 4.57 Å². The largest absolute Gasteiger partial charge is 0.343 e. The number of hydrogen-bond acceptors (Lipinski definition) is 5. The molecule has 2 aromatic heterocycles. The topological polar surface area (TPSA) is 75.6 Å². The van der Waals surface area contributed by atoms with E-state index in [1.165, 1.54) is 34.7 Å². The Bertz CT molecular complexity index is 614. The second kappa shape index (κ2) is 5.18. The van der Waals surface area contributed by atoms with E-state index in [0.29, 0.717) is 11.2 Å². The summed E-state index contributed by atoms with van der Waals surface area (Å²) in [5.74, 6) is 0. The van der Waals surface area contributed by atoms with Gasteiger partial charge in [0, 0.05) is 25.8 Å². The molecule has 0 aliphatic heterocycles. The fourth-order valence-electron chi connectivity index (χ4n) is 1.64. The van der Waals surface area contributed by atoms with Gasteiger partial charge in [0.2, 0.25) is 0 Å². The third kappa shape index (κ3) is 3.05. The monoisotopic (exact) mass is 277 g/mol. The molecule has 3 rings (SSSR count). The van der Waals surface area contributed by atoms with E-state index >= 15 is 0 Å². The zero-order chi connectivity index (χ0) is 13.2. The highest BCUT2D eigenvalue weighted by Gasteiger charge is 2.19. The molecule has 0 aromatic carbocycles. The van der Waals surface area contributed by atoms with Crippen molar-refractivity contribution in [1.29, 1.82) is 0 Å². The van der Waals surface area contributed by atoms with Crippen LogP contribution >= 0.6 is 11.8 Å². The molecule has 1 fully saturated rings. The number of pyridine rings is 1. The van der Waals surface area contributed by atoms with Crippen LogP contribution in [0.5, 0.6) is 0 Å². The van der Waals surface area contributed by atoms with Crippen LogP contribution in [-0.4, -0.2) is 25.8 Å². The van der Waals surface area contributed by atoms with Gasteiger partial charge in [0.15, 0.2) is 5.16 Å². The van der Waals surface area contributed by atoms with Gasteiger partial charge in [-0.25, -0.2) is 14.9 Å². The van der Waals surface area contributed by atoms with Gasteiger partial charge in [0.05, 0.1) is 0 Å². The van der Waals surface area contributed by atoms with Crippen LogP contribution in [-0.2, 0) is 13.6 Å². The maximum Gasteiger partial charge on any atom is 0.343 e. The molecule has 0 radical (unpaired) electrons. The van der Waals surface area contributed by atoms with Crippen molar-refractivity contribution in [2.75, 3.05) is 0 Å². The number of nitrogens with zero attached hydrogens (tertiary/aromatic N) is 3. The molecule has 7 heteroatoms. The van der Waals surface area contributed by atoms with E-state index in [1.807, 2.05) is 12.3 Å². The fraction of sp³-hybridized carbons (Fsp3) is 0.417. The van der Waals surface area contributed by atoms with Crippen molar-refractivity contribution in [1.82, 2.24) is 25.1 Å². The minimum absolute atomic E-state index is 0.215. The summed E-state index contributed by atoms with van der Waals surface area (Å²) < 4.78 is 1.47. The Hall–Kier alpha value is -1.60. The zero-order valence-corrected chi connectivity index (χ0v) is 11.4. The zero-order valence-electron chi connectivity index (χ0n) is 10.6. The number of hydrogen-bond donors (Lipinski definition) is 2. The van der Waals surface area contributed by atoms with Gasteiger partial charge in [-0.05, 0) is 36.2 Å². The quantitative estimate of drug-likeness (QED) is 0.849. The van der Waals surface area contributed by atoms with Gasteiger partial charge in [0.1, 0.15) is 5.03 Å². The first-order chi connectivity index (χ1) is 9.22. The summed E-state index contributed by atoms with van der Waals surface area (Å²) in [5, 5.41) is 11.2. The van der Waals surface area contributed by atoms with Gasteiger partial charge in [-0.2, -0.15) is 0 Å². The van der Waals surface area contributed by atoms with Crippen LogP contribution in [0.4, 0.5) is 0 Å². The number of rotatable bonds is 5. The standard InChI is InChI=1S/C12H15N5OS/c1-17-11(18)15-16-12(17)19-10-5-2-8(7-14-10)6-13-9-3-4-9/h2,5,7,9,13H,3-4,6H2,1H3,(H,15,18). The minimum atomic E-state index is -0.215. The smallest absolute Gasteiger partial charge is 0.310 e. The van der Waals surface area contributed by atoms with E-state index < -0.39 is 0 Å². The Labute approximate surface area is 114 Å². The van der Waals surface area contributed by atoms with Gasteiger partial charge >= 0.3 is 5.69 Å². The number of nitrogens with one attached hydrogen (secondary N) is 2. The lowest BCUT2D eigenvalue weighted by atomic mass is 10.3. The number of H-pyrrole nitrogens is 1. The molecule has 0 saturated heterocycles. The van der Waals surface area contributed by atoms with E-state index in [4.69, 9.17) is 0 Å². The van der Waals surface area contributed by atoms with Gasteiger partial charge in [-0.1, -0.05) is 6.07 Å². The summed E-state index contributed by atoms with van der Waals surface area (Å²) in [4.78, 5) is 15.6. The van der Waals surface area contributed by atoms with E-state index in [-0.39, 0.29) is 5.69 Å². The third-order valence-corrected chi connectivity index (χ3v) is 4.00. The van der Waals surface area contributed by atoms with E-state index in [0.717, 1.165) is 11.6 Å². The summed E-state index contributed by atoms with van der Waals surface area (Å²) in [6, 6.07) is 4.70. The average Bonchev–Trinajstić information content (AvgIpc) is 3.20. The number of aromatic amines is 1. The predicted molar refractivity (Wildman–Crippen MR) is 72.1 cm³/mol. The van der Waals surface area contributed by atoms with Crippen molar-refractivity contribution in [3.63, 3.8) is 0 Å². The lowest BCUT2D eigenvalue weighted by Gasteiger charge is -2.04. The lowest BCUT2D eigenvalue weighted by molar-refractivity contribution is 0.684. The van der Waals surface area contributed by atoms with Crippen molar-refractivity contribution >= 4 is 11.8 Å². The van der Waals surface area contributed by atoms with Crippen LogP contribution in [0, 0.1) is 0 Å². The molecule has 0 unspecified atom stereocenters. The Morgan fingerprint density at radius 3 is 2.95 bits per heavy atom. The molecule has 0 spiro atoms. The van der Waals surface area contributed by atoms with Crippen molar-refractivity contribution in [3.05, 3.63) is 34.4 Å². The van der Waals surface area contributed by atoms with Crippen LogP contribution in [0.1, 0.15) is 18.4 Å². The molecular formula is C12H15N5OS. The first kappa shape index (κ1) is 12.4. The Kier molecular flexibility index (Phi) is 3.39. The number of aromatic nitrogens is 4. The molecule has 1 aliphatic carbocycles. The average molecular weight is 277 g/mol. The molecule has 0 bridgehead atoms. The maximum atomic E-state index is 11.2. The molecule has 0 amide bonds. The van der Waals surface area contributed by atoms with E-state index in [1.54, 1.807) is 7.05 Å². The summed E-state index contributed by atoms with van der Waals surface area (Å²) in [5.41, 5.74) is 0.958. The first-order valence-corrected chi connectivity index (χ1v) is 7.01. The van der Waals surface area contributed by atoms with Crippen molar-refractivity contribution < 1.29 is 0 Å². The van der Waals surface area contributed by atoms with Crippen LogP contribution < -0.4 is 11.0 Å². The minimum Gasteiger partial charge on any atom is -0.310 e. The molecule has 6 nitrogen and oxygen atoms in total. The molecule has 2 N–H and O–H groups in total. The van der Waals surface area contributed by atoms with Gasteiger partial charge in [0.25, 0.3) is 0 Å². The summed E-state index contributed by atoms with van der Waals surface area (Å²) in [6.07, 6.45) is 4.44. The third-order valence-electron chi connectivity index (χ3n) is 3.00. The summed E-state index contributed by atoms with van der Waals surface area (Å²) in [6.45, 7) is 0.865. The molecule has 19 heavy (non-hydrogen) atoms. The SMILES string of the molecule is Cn1c(Sc2ccc(CNC3CC3)cn2)n[nH]c1=O. The Balaban J connectivity index is 1.64. The highest BCUT2D eigenvalue weighted by Crippen LogP contribution is 2.23. The highest BCUT2D eigenvalue weighted by atomic mass is 32.2. The second-order valence-electron chi connectivity index (χ2n) is 4.63. The van der Waals surface area contributed by atoms with E-state index in [2.05, 4.69) is 26.6 Å². The molecule has 2 aromatic rings. The van der Waals surface area contributed by atoms with Crippen LogP contribution in [0.2, 0.25) is 0 Å². The predicted octanol–water partition coefficient (Wildman–Crippen LogP) is 0.907. The molecule has 100 valence electrons. The normalized spacial score (nSPS) is 14.8. The van der Waals surface area contributed by atoms with Crippen molar-refractivity contribution in [2.45, 2.75) is 35.6 Å². The Morgan fingerprint density at radius 1 is 1.53 bits per heavy atom. The molecule has 1 saturated carbocycles. The second-order valence-corrected chi connectivity index (χ2v) is 5.62. The first-order valence-electron chi connectivity index (χ1n) is 6.20. The highest BCUT2D eigenvalue weighted by molar-refractivity contribution is 7.99. The van der Waals surface area contributed by atoms with Gasteiger partial charge in [-0.15, -0.1) is 5.10 Å². The van der Waals surface area contributed by atoms with Crippen molar-refractivity contribution in [2.24, 2.45) is 7.05 Å². The maximum absolute atomic E-state index is 11.2. The lowest BCUT2D eigenvalue weighted by Crippen LogP contribution is -2.15. The van der Waals surface area contributed by atoms with Crippen LogP contribution in [0.15, 0.2) is 33.3 Å². The van der Waals surface area contributed by atoms with Crippen LogP contribution in [0.3, 0.4) is 0 Å². The van der Waals surface area contributed by atoms with Gasteiger partial charge < -0.3 is 5.32 Å². The molecule has 2 heterocycles. The summed E-state index contributed by atoms with van der Waals surface area (Å²) in [7, 11) is 1.68. The molecule has 1 aliphatic rings. The van der Waals surface area contributed by atoms with Crippen LogP contribution in [0.25, 0.3) is 0 Å². The molecule has 0 atom stereocenters. The van der Waals surface area contributed by atoms with Crippen molar-refractivity contribution in [3.8, 4) is 0 Å². The fourth-order valence-corrected chi connectivity index (χ4v) is 2.38. The van der Waals surface area contributed by atoms with E-state index in [9.17, 15) is 4.79 Å².